The van der Waals surface area contributed by atoms with Crippen LogP contribution in [0.1, 0.15) is 29.8 Å². The van der Waals surface area contributed by atoms with Gasteiger partial charge in [0.05, 0.1) is 0 Å². The molecule has 1 aliphatic heterocycles. The highest BCUT2D eigenvalue weighted by molar-refractivity contribution is 5.92. The molecular weight excluding hydrogens is 245 g/mol. The third-order valence-electron chi connectivity index (χ3n) is 3.62. The third kappa shape index (κ3) is 4.28. The van der Waals surface area contributed by atoms with Crippen LogP contribution in [0, 0.1) is 11.9 Å². The van der Waals surface area contributed by atoms with E-state index in [-0.39, 0.29) is 11.6 Å². The predicted octanol–water partition coefficient (Wildman–Crippen LogP) is 1.68. The average molecular weight is 265 g/mol. The maximum atomic E-state index is 12.9. The number of amides is 1. The van der Waals surface area contributed by atoms with E-state index in [2.05, 4.69) is 22.2 Å². The van der Waals surface area contributed by atoms with Crippen LogP contribution in [0.4, 0.5) is 4.39 Å². The van der Waals surface area contributed by atoms with Gasteiger partial charge in [0.2, 0.25) is 5.95 Å². The Hall–Kier alpha value is -1.49. The van der Waals surface area contributed by atoms with Gasteiger partial charge in [-0.15, -0.1) is 0 Å². The summed E-state index contributed by atoms with van der Waals surface area (Å²) in [6.45, 7) is 2.89. The quantitative estimate of drug-likeness (QED) is 0.843. The van der Waals surface area contributed by atoms with Crippen molar-refractivity contribution >= 4 is 5.91 Å². The molecule has 1 aromatic rings. The topological polar surface area (TPSA) is 45.2 Å². The van der Waals surface area contributed by atoms with E-state index in [9.17, 15) is 9.18 Å². The number of pyridine rings is 1. The van der Waals surface area contributed by atoms with E-state index in [0.29, 0.717) is 12.5 Å². The lowest BCUT2D eigenvalue weighted by molar-refractivity contribution is 0.0943. The van der Waals surface area contributed by atoms with Gasteiger partial charge in [-0.1, -0.05) is 6.07 Å². The van der Waals surface area contributed by atoms with Crippen LogP contribution in [0.5, 0.6) is 0 Å². The summed E-state index contributed by atoms with van der Waals surface area (Å²) >= 11 is 0. The molecule has 0 aliphatic carbocycles. The first-order valence-corrected chi connectivity index (χ1v) is 6.74. The van der Waals surface area contributed by atoms with Gasteiger partial charge in [-0.3, -0.25) is 4.79 Å². The number of halogens is 1. The minimum Gasteiger partial charge on any atom is -0.351 e. The van der Waals surface area contributed by atoms with Crippen LogP contribution in [-0.2, 0) is 0 Å². The molecule has 0 unspecified atom stereocenters. The zero-order valence-corrected chi connectivity index (χ0v) is 11.2. The van der Waals surface area contributed by atoms with E-state index in [1.165, 1.54) is 31.0 Å². The van der Waals surface area contributed by atoms with E-state index in [0.717, 1.165) is 19.5 Å². The summed E-state index contributed by atoms with van der Waals surface area (Å²) in [5.41, 5.74) is 0.142. The SMILES string of the molecule is CN1CCC(CCNC(=O)c2cccc(F)n2)CC1. The zero-order valence-electron chi connectivity index (χ0n) is 11.2. The molecule has 5 heteroatoms. The number of carbonyl (C=O) groups is 1. The van der Waals surface area contributed by atoms with E-state index < -0.39 is 5.95 Å². The molecule has 0 atom stereocenters. The van der Waals surface area contributed by atoms with Crippen molar-refractivity contribution in [3.05, 3.63) is 29.8 Å². The van der Waals surface area contributed by atoms with E-state index >= 15 is 0 Å². The van der Waals surface area contributed by atoms with E-state index in [1.807, 2.05) is 0 Å². The molecule has 1 aromatic heterocycles. The monoisotopic (exact) mass is 265 g/mol. The number of rotatable bonds is 4. The van der Waals surface area contributed by atoms with Gasteiger partial charge in [0.15, 0.2) is 0 Å². The fourth-order valence-electron chi connectivity index (χ4n) is 2.37. The van der Waals surface area contributed by atoms with Crippen molar-refractivity contribution in [1.82, 2.24) is 15.2 Å². The molecule has 104 valence electrons. The minimum absolute atomic E-state index is 0.142. The summed E-state index contributed by atoms with van der Waals surface area (Å²) in [7, 11) is 2.13. The lowest BCUT2D eigenvalue weighted by atomic mass is 9.94. The molecule has 2 rings (SSSR count). The Morgan fingerprint density at radius 3 is 2.89 bits per heavy atom. The average Bonchev–Trinajstić information content (AvgIpc) is 2.41. The highest BCUT2D eigenvalue weighted by Gasteiger charge is 2.16. The zero-order chi connectivity index (χ0) is 13.7. The van der Waals surface area contributed by atoms with Crippen LogP contribution < -0.4 is 5.32 Å². The van der Waals surface area contributed by atoms with Crippen LogP contribution in [0.25, 0.3) is 0 Å². The van der Waals surface area contributed by atoms with Crippen molar-refractivity contribution in [2.45, 2.75) is 19.3 Å². The smallest absolute Gasteiger partial charge is 0.269 e. The molecule has 0 radical (unpaired) electrons. The number of hydrogen-bond donors (Lipinski definition) is 1. The van der Waals surface area contributed by atoms with Crippen LogP contribution >= 0.6 is 0 Å². The standard InChI is InChI=1S/C14H20FN3O/c1-18-9-6-11(7-10-18)5-8-16-14(19)12-3-2-4-13(15)17-12/h2-4,11H,5-10H2,1H3,(H,16,19). The molecule has 0 saturated carbocycles. The first-order chi connectivity index (χ1) is 9.15. The van der Waals surface area contributed by atoms with Crippen molar-refractivity contribution in [2.24, 2.45) is 5.92 Å². The number of aromatic nitrogens is 1. The Morgan fingerprint density at radius 2 is 2.21 bits per heavy atom. The predicted molar refractivity (Wildman–Crippen MR) is 71.4 cm³/mol. The number of likely N-dealkylation sites (tertiary alicyclic amines) is 1. The molecule has 4 nitrogen and oxygen atoms in total. The number of carbonyl (C=O) groups excluding carboxylic acids is 1. The van der Waals surface area contributed by atoms with Crippen LogP contribution in [0.3, 0.4) is 0 Å². The summed E-state index contributed by atoms with van der Waals surface area (Å²) < 4.78 is 12.9. The summed E-state index contributed by atoms with van der Waals surface area (Å²) in [6.07, 6.45) is 3.35. The summed E-state index contributed by atoms with van der Waals surface area (Å²) in [4.78, 5) is 17.6. The van der Waals surface area contributed by atoms with Gasteiger partial charge in [0.1, 0.15) is 5.69 Å². The summed E-state index contributed by atoms with van der Waals surface area (Å²) in [5, 5.41) is 2.80. The molecule has 19 heavy (non-hydrogen) atoms. The molecule has 1 fully saturated rings. The van der Waals surface area contributed by atoms with Crippen LogP contribution in [0.15, 0.2) is 18.2 Å². The maximum Gasteiger partial charge on any atom is 0.269 e. The molecular formula is C14H20FN3O. The lowest BCUT2D eigenvalue weighted by Gasteiger charge is -2.28. The van der Waals surface area contributed by atoms with E-state index in [4.69, 9.17) is 0 Å². The van der Waals surface area contributed by atoms with Crippen molar-refractivity contribution in [2.75, 3.05) is 26.7 Å². The lowest BCUT2D eigenvalue weighted by Crippen LogP contribution is -2.33. The molecule has 1 amide bonds. The molecule has 1 N–H and O–H groups in total. The number of hydrogen-bond acceptors (Lipinski definition) is 3. The second-order valence-electron chi connectivity index (χ2n) is 5.14. The van der Waals surface area contributed by atoms with Crippen molar-refractivity contribution in [3.8, 4) is 0 Å². The first kappa shape index (κ1) is 13.9. The highest BCUT2D eigenvalue weighted by Crippen LogP contribution is 2.18. The maximum absolute atomic E-state index is 12.9. The molecule has 2 heterocycles. The van der Waals surface area contributed by atoms with E-state index in [1.54, 1.807) is 0 Å². The fourth-order valence-corrected chi connectivity index (χ4v) is 2.37. The molecule has 0 spiro atoms. The van der Waals surface area contributed by atoms with Gasteiger partial charge in [0.25, 0.3) is 5.91 Å². The highest BCUT2D eigenvalue weighted by atomic mass is 19.1. The second-order valence-corrected chi connectivity index (χ2v) is 5.14. The van der Waals surface area contributed by atoms with Gasteiger partial charge < -0.3 is 10.2 Å². The summed E-state index contributed by atoms with van der Waals surface area (Å²) in [6, 6.07) is 4.25. The van der Waals surface area contributed by atoms with Crippen LogP contribution in [0.2, 0.25) is 0 Å². The molecule has 0 aromatic carbocycles. The van der Waals surface area contributed by atoms with Crippen molar-refractivity contribution in [1.29, 1.82) is 0 Å². The number of piperidine rings is 1. The number of nitrogens with one attached hydrogen (secondary N) is 1. The molecule has 1 saturated heterocycles. The van der Waals surface area contributed by atoms with Crippen molar-refractivity contribution in [3.63, 3.8) is 0 Å². The van der Waals surface area contributed by atoms with Crippen molar-refractivity contribution < 1.29 is 9.18 Å². The Morgan fingerprint density at radius 1 is 1.47 bits per heavy atom. The summed E-state index contributed by atoms with van der Waals surface area (Å²) in [5.74, 6) is -0.243. The van der Waals surface area contributed by atoms with Gasteiger partial charge >= 0.3 is 0 Å². The largest absolute Gasteiger partial charge is 0.351 e. The number of nitrogens with zero attached hydrogens (tertiary/aromatic N) is 2. The molecule has 1 aliphatic rings. The fraction of sp³-hybridized carbons (Fsp3) is 0.571. The normalized spacial score (nSPS) is 17.4. The Labute approximate surface area is 113 Å². The van der Waals surface area contributed by atoms with Gasteiger partial charge in [-0.05, 0) is 57.5 Å². The van der Waals surface area contributed by atoms with Gasteiger partial charge in [-0.25, -0.2) is 4.98 Å². The Kier molecular flexibility index (Phi) is 4.85. The Bertz CT molecular complexity index is 430. The second kappa shape index (κ2) is 6.61. The van der Waals surface area contributed by atoms with Gasteiger partial charge in [0, 0.05) is 6.54 Å². The minimum atomic E-state index is -0.622. The first-order valence-electron chi connectivity index (χ1n) is 6.74. The molecule has 0 bridgehead atoms. The van der Waals surface area contributed by atoms with Gasteiger partial charge in [-0.2, -0.15) is 4.39 Å². The Balaban J connectivity index is 1.72. The van der Waals surface area contributed by atoms with Crippen LogP contribution in [-0.4, -0.2) is 42.5 Å². The third-order valence-corrected chi connectivity index (χ3v) is 3.62.